The smallest absolute Gasteiger partial charge is 0.243 e. The van der Waals surface area contributed by atoms with Gasteiger partial charge in [0.1, 0.15) is 0 Å². The van der Waals surface area contributed by atoms with Crippen LogP contribution in [0, 0.1) is 5.92 Å². The quantitative estimate of drug-likeness (QED) is 0.898. The highest BCUT2D eigenvalue weighted by atomic mass is 16.5. The molecule has 0 saturated carbocycles. The zero-order chi connectivity index (χ0) is 15.4. The van der Waals surface area contributed by atoms with Crippen molar-refractivity contribution < 1.29 is 9.32 Å². The molecule has 21 heavy (non-hydrogen) atoms. The highest BCUT2D eigenvalue weighted by Gasteiger charge is 2.29. The fourth-order valence-corrected chi connectivity index (χ4v) is 2.84. The van der Waals surface area contributed by atoms with E-state index in [0.29, 0.717) is 17.9 Å². The third kappa shape index (κ3) is 4.03. The van der Waals surface area contributed by atoms with E-state index in [1.54, 1.807) is 6.92 Å². The van der Waals surface area contributed by atoms with Crippen LogP contribution in [0.5, 0.6) is 0 Å². The van der Waals surface area contributed by atoms with E-state index in [1.807, 2.05) is 11.8 Å². The molecule has 1 amide bonds. The predicted molar refractivity (Wildman–Crippen MR) is 79.7 cm³/mol. The molecule has 1 N–H and O–H groups in total. The number of rotatable bonds is 5. The van der Waals surface area contributed by atoms with E-state index in [0.717, 1.165) is 38.2 Å². The van der Waals surface area contributed by atoms with Gasteiger partial charge in [-0.2, -0.15) is 4.98 Å². The van der Waals surface area contributed by atoms with Crippen LogP contribution < -0.4 is 5.32 Å². The molecule has 0 aromatic carbocycles. The number of aromatic nitrogens is 2. The van der Waals surface area contributed by atoms with Gasteiger partial charge in [0.25, 0.3) is 0 Å². The summed E-state index contributed by atoms with van der Waals surface area (Å²) in [4.78, 5) is 17.8. The van der Waals surface area contributed by atoms with Gasteiger partial charge in [-0.3, -0.25) is 4.79 Å². The van der Waals surface area contributed by atoms with Crippen LogP contribution >= 0.6 is 0 Å². The van der Waals surface area contributed by atoms with E-state index in [1.165, 1.54) is 0 Å². The summed E-state index contributed by atoms with van der Waals surface area (Å²) in [6.07, 6.45) is 2.83. The van der Waals surface area contributed by atoms with E-state index >= 15 is 0 Å². The summed E-state index contributed by atoms with van der Waals surface area (Å²) in [6.45, 7) is 9.59. The molecule has 2 rings (SSSR count). The SMILES string of the molecule is CCCc1noc([C@H](C)N[C@@H]2CCN(C(C)=O)C[C@@H]2C)n1. The Morgan fingerprint density at radius 1 is 1.57 bits per heavy atom. The number of hydrogen-bond donors (Lipinski definition) is 1. The maximum atomic E-state index is 11.4. The van der Waals surface area contributed by atoms with E-state index in [4.69, 9.17) is 4.52 Å². The van der Waals surface area contributed by atoms with Crippen molar-refractivity contribution in [1.82, 2.24) is 20.4 Å². The standard InChI is InChI=1S/C15H26N4O2/c1-5-6-14-17-15(21-18-14)11(3)16-13-7-8-19(12(4)20)9-10(13)2/h10-11,13,16H,5-9H2,1-4H3/t10-,11-,13+/m0/s1. The lowest BCUT2D eigenvalue weighted by Crippen LogP contribution is -2.50. The second kappa shape index (κ2) is 7.02. The van der Waals surface area contributed by atoms with E-state index in [2.05, 4.69) is 29.3 Å². The lowest BCUT2D eigenvalue weighted by Gasteiger charge is -2.37. The van der Waals surface area contributed by atoms with Crippen molar-refractivity contribution in [2.45, 2.75) is 59.0 Å². The van der Waals surface area contributed by atoms with Crippen molar-refractivity contribution in [3.05, 3.63) is 11.7 Å². The average molecular weight is 294 g/mol. The Kier molecular flexibility index (Phi) is 5.33. The van der Waals surface area contributed by atoms with Gasteiger partial charge in [-0.1, -0.05) is 19.0 Å². The Bertz CT molecular complexity index is 474. The summed E-state index contributed by atoms with van der Waals surface area (Å²) < 4.78 is 5.33. The van der Waals surface area contributed by atoms with Crippen molar-refractivity contribution in [3.8, 4) is 0 Å². The molecule has 0 aliphatic carbocycles. The largest absolute Gasteiger partial charge is 0.343 e. The van der Waals surface area contributed by atoms with Crippen molar-refractivity contribution in [2.75, 3.05) is 13.1 Å². The summed E-state index contributed by atoms with van der Waals surface area (Å²) in [5, 5.41) is 7.56. The third-order valence-electron chi connectivity index (χ3n) is 4.14. The van der Waals surface area contributed by atoms with E-state index in [9.17, 15) is 4.79 Å². The molecule has 1 fully saturated rings. The zero-order valence-electron chi connectivity index (χ0n) is 13.4. The molecule has 0 radical (unpaired) electrons. The van der Waals surface area contributed by atoms with Gasteiger partial charge < -0.3 is 14.7 Å². The van der Waals surface area contributed by atoms with Crippen LogP contribution in [0.3, 0.4) is 0 Å². The van der Waals surface area contributed by atoms with Crippen molar-refractivity contribution in [2.24, 2.45) is 5.92 Å². The monoisotopic (exact) mass is 294 g/mol. The minimum Gasteiger partial charge on any atom is -0.343 e. The number of nitrogens with zero attached hydrogens (tertiary/aromatic N) is 3. The minimum absolute atomic E-state index is 0.0411. The van der Waals surface area contributed by atoms with E-state index in [-0.39, 0.29) is 11.9 Å². The highest BCUT2D eigenvalue weighted by molar-refractivity contribution is 5.73. The first kappa shape index (κ1) is 15.9. The number of aryl methyl sites for hydroxylation is 1. The number of carbonyl (C=O) groups is 1. The molecule has 0 bridgehead atoms. The van der Waals surface area contributed by atoms with Crippen molar-refractivity contribution in [1.29, 1.82) is 0 Å². The predicted octanol–water partition coefficient (Wildman–Crippen LogP) is 1.93. The average Bonchev–Trinajstić information content (AvgIpc) is 2.90. The van der Waals surface area contributed by atoms with Gasteiger partial charge in [-0.25, -0.2) is 0 Å². The molecule has 1 aliphatic rings. The normalized spacial score (nSPS) is 24.1. The summed E-state index contributed by atoms with van der Waals surface area (Å²) >= 11 is 0. The molecule has 0 unspecified atom stereocenters. The van der Waals surface area contributed by atoms with Crippen LogP contribution in [0.4, 0.5) is 0 Å². The molecule has 1 aromatic heterocycles. The first-order chi connectivity index (χ1) is 10.0. The molecule has 118 valence electrons. The second-order valence-corrected chi connectivity index (χ2v) is 6.02. The number of amides is 1. The number of nitrogens with one attached hydrogen (secondary N) is 1. The molecule has 1 aromatic rings. The first-order valence-electron chi connectivity index (χ1n) is 7.85. The second-order valence-electron chi connectivity index (χ2n) is 6.02. The molecule has 3 atom stereocenters. The molecular formula is C15H26N4O2. The zero-order valence-corrected chi connectivity index (χ0v) is 13.4. The van der Waals surface area contributed by atoms with Crippen LogP contribution in [0.15, 0.2) is 4.52 Å². The molecule has 1 saturated heterocycles. The van der Waals surface area contributed by atoms with E-state index < -0.39 is 0 Å². The molecule has 0 spiro atoms. The number of piperidine rings is 1. The number of hydrogen-bond acceptors (Lipinski definition) is 5. The maximum absolute atomic E-state index is 11.4. The lowest BCUT2D eigenvalue weighted by atomic mass is 9.93. The molecular weight excluding hydrogens is 268 g/mol. The van der Waals surface area contributed by atoms with Crippen LogP contribution in [0.25, 0.3) is 0 Å². The fraction of sp³-hybridized carbons (Fsp3) is 0.800. The summed E-state index contributed by atoms with van der Waals surface area (Å²) in [5.41, 5.74) is 0. The van der Waals surface area contributed by atoms with Gasteiger partial charge in [-0.15, -0.1) is 0 Å². The molecule has 2 heterocycles. The van der Waals surface area contributed by atoms with Crippen LogP contribution in [-0.4, -0.2) is 40.1 Å². The summed E-state index contributed by atoms with van der Waals surface area (Å²) in [7, 11) is 0. The summed E-state index contributed by atoms with van der Waals surface area (Å²) in [5.74, 6) is 2.01. The van der Waals surface area contributed by atoms with Gasteiger partial charge in [0.05, 0.1) is 6.04 Å². The number of likely N-dealkylation sites (tertiary alicyclic amines) is 1. The molecule has 1 aliphatic heterocycles. The van der Waals surface area contributed by atoms with Crippen molar-refractivity contribution in [3.63, 3.8) is 0 Å². The van der Waals surface area contributed by atoms with Crippen molar-refractivity contribution >= 4 is 5.91 Å². The van der Waals surface area contributed by atoms with Gasteiger partial charge in [0.15, 0.2) is 5.82 Å². The molecule has 6 nitrogen and oxygen atoms in total. The third-order valence-corrected chi connectivity index (χ3v) is 4.14. The Morgan fingerprint density at radius 2 is 2.33 bits per heavy atom. The maximum Gasteiger partial charge on any atom is 0.243 e. The van der Waals surface area contributed by atoms with Crippen LogP contribution in [0.1, 0.15) is 58.3 Å². The Labute approximate surface area is 126 Å². The van der Waals surface area contributed by atoms with Crippen LogP contribution in [0.2, 0.25) is 0 Å². The minimum atomic E-state index is 0.0411. The fourth-order valence-electron chi connectivity index (χ4n) is 2.84. The number of carbonyl (C=O) groups excluding carboxylic acids is 1. The first-order valence-corrected chi connectivity index (χ1v) is 7.85. The van der Waals surface area contributed by atoms with Crippen LogP contribution in [-0.2, 0) is 11.2 Å². The van der Waals surface area contributed by atoms with Gasteiger partial charge in [0.2, 0.25) is 11.8 Å². The van der Waals surface area contributed by atoms with Gasteiger partial charge in [-0.05, 0) is 25.7 Å². The topological polar surface area (TPSA) is 71.3 Å². The Balaban J connectivity index is 1.90. The summed E-state index contributed by atoms with van der Waals surface area (Å²) in [6, 6.07) is 0.413. The van der Waals surface area contributed by atoms with Gasteiger partial charge >= 0.3 is 0 Å². The highest BCUT2D eigenvalue weighted by Crippen LogP contribution is 2.20. The molecule has 6 heteroatoms. The Morgan fingerprint density at radius 3 is 2.95 bits per heavy atom. The Hall–Kier alpha value is -1.43. The van der Waals surface area contributed by atoms with Gasteiger partial charge in [0, 0.05) is 32.5 Å². The lowest BCUT2D eigenvalue weighted by molar-refractivity contribution is -0.130.